The molecule has 0 spiro atoms. The maximum atomic E-state index is 2.83. The van der Waals surface area contributed by atoms with Crippen molar-refractivity contribution in [3.05, 3.63) is 121 Å². The third-order valence-corrected chi connectivity index (χ3v) is 15.3. The topological polar surface area (TPSA) is 0 Å². The molecule has 4 aromatic rings. The van der Waals surface area contributed by atoms with Gasteiger partial charge in [0.2, 0.25) is 0 Å². The van der Waals surface area contributed by atoms with Crippen LogP contribution in [0.15, 0.2) is 121 Å². The quantitative estimate of drug-likeness (QED) is 0.139. The van der Waals surface area contributed by atoms with Crippen LogP contribution in [-0.4, -0.2) is 2.90 Å². The van der Waals surface area contributed by atoms with Crippen molar-refractivity contribution in [1.82, 2.24) is 0 Å². The maximum Gasteiger partial charge on any atom is 0.0774 e. The Labute approximate surface area is 196 Å². The summed E-state index contributed by atoms with van der Waals surface area (Å²) in [6, 6.07) is 44.6. The van der Waals surface area contributed by atoms with Crippen molar-refractivity contribution in [1.29, 1.82) is 0 Å². The van der Waals surface area contributed by atoms with Crippen LogP contribution in [0.4, 0.5) is 0 Å². The fourth-order valence-electron chi connectivity index (χ4n) is 3.81. The Hall–Kier alpha value is -1.53. The van der Waals surface area contributed by atoms with Crippen molar-refractivity contribution in [3.8, 4) is 0 Å². The maximum absolute atomic E-state index is 2.83. The van der Waals surface area contributed by atoms with Gasteiger partial charge >= 0.3 is 0 Å². The van der Waals surface area contributed by atoms with E-state index in [2.05, 4.69) is 151 Å². The number of hydrogen-bond donors (Lipinski definition) is 0. The molecule has 0 aliphatic rings. The van der Waals surface area contributed by atoms with Gasteiger partial charge in [-0.15, -0.1) is 0 Å². The zero-order valence-corrected chi connectivity index (χ0v) is 21.0. The fraction of sp³-hybridized carbons (Fsp3) is 0.111. The van der Waals surface area contributed by atoms with Crippen LogP contribution >= 0.6 is 38.4 Å². The standard InChI is InChI=1S/C27H25IP2/c1-2-27(28,29(23-15-7-3-8-16-23)24-17-9-4-10-18-24)30(25-19-11-5-12-20-25)26-21-13-6-14-22-26/h3-22H,2H2,1H3. The van der Waals surface area contributed by atoms with Crippen LogP contribution in [0.25, 0.3) is 0 Å². The van der Waals surface area contributed by atoms with Crippen LogP contribution in [0, 0.1) is 0 Å². The zero-order valence-electron chi connectivity index (χ0n) is 17.0. The van der Waals surface area contributed by atoms with Gasteiger partial charge in [-0.05, 0) is 43.5 Å². The lowest BCUT2D eigenvalue weighted by Crippen LogP contribution is -2.33. The highest BCUT2D eigenvalue weighted by molar-refractivity contribution is 14.1. The number of alkyl halides is 1. The minimum absolute atomic E-state index is 0.0911. The van der Waals surface area contributed by atoms with E-state index in [0.29, 0.717) is 0 Å². The molecule has 0 bridgehead atoms. The molecule has 0 aliphatic carbocycles. The van der Waals surface area contributed by atoms with E-state index in [0.717, 1.165) is 6.42 Å². The first-order valence-electron chi connectivity index (χ1n) is 10.2. The molecule has 0 fully saturated rings. The lowest BCUT2D eigenvalue weighted by molar-refractivity contribution is 1.02. The van der Waals surface area contributed by atoms with Gasteiger partial charge in [0, 0.05) is 0 Å². The first-order chi connectivity index (χ1) is 14.7. The van der Waals surface area contributed by atoms with Crippen LogP contribution in [0.2, 0.25) is 0 Å². The van der Waals surface area contributed by atoms with E-state index in [1.54, 1.807) is 0 Å². The predicted molar refractivity (Wildman–Crippen MR) is 145 cm³/mol. The summed E-state index contributed by atoms with van der Waals surface area (Å²) >= 11 is 2.83. The molecule has 0 N–H and O–H groups in total. The van der Waals surface area contributed by atoms with Crippen molar-refractivity contribution in [2.75, 3.05) is 0 Å². The Morgan fingerprint density at radius 2 is 0.733 bits per heavy atom. The van der Waals surface area contributed by atoms with Gasteiger partial charge in [0.15, 0.2) is 0 Å². The van der Waals surface area contributed by atoms with Crippen molar-refractivity contribution < 1.29 is 0 Å². The van der Waals surface area contributed by atoms with Gasteiger partial charge < -0.3 is 0 Å². The van der Waals surface area contributed by atoms with Gasteiger partial charge in [0.05, 0.1) is 2.90 Å². The molecular formula is C27H25IP2. The lowest BCUT2D eigenvalue weighted by atomic mass is 10.4. The normalized spacial score (nSPS) is 11.7. The molecule has 0 atom stereocenters. The van der Waals surface area contributed by atoms with Crippen LogP contribution in [0.3, 0.4) is 0 Å². The average Bonchev–Trinajstić information content (AvgIpc) is 2.82. The van der Waals surface area contributed by atoms with E-state index in [4.69, 9.17) is 0 Å². The number of benzene rings is 4. The Bertz CT molecular complexity index is 875. The molecule has 150 valence electrons. The minimum atomic E-state index is -0.568. The predicted octanol–water partition coefficient (Wildman–Crippen LogP) is 6.75. The molecule has 0 heterocycles. The first-order valence-corrected chi connectivity index (χ1v) is 14.0. The number of halogens is 1. The summed E-state index contributed by atoms with van der Waals surface area (Å²) in [6.45, 7) is 2.37. The van der Waals surface area contributed by atoms with Crippen molar-refractivity contribution in [2.45, 2.75) is 16.2 Å². The summed E-state index contributed by atoms with van der Waals surface area (Å²) in [7, 11) is -1.14. The zero-order chi connectivity index (χ0) is 20.8. The van der Waals surface area contributed by atoms with Gasteiger partial charge in [-0.25, -0.2) is 0 Å². The lowest BCUT2D eigenvalue weighted by Gasteiger charge is -2.43. The number of hydrogen-bond acceptors (Lipinski definition) is 0. The number of rotatable bonds is 7. The molecule has 0 saturated carbocycles. The monoisotopic (exact) mass is 538 g/mol. The summed E-state index contributed by atoms with van der Waals surface area (Å²) in [5.41, 5.74) is 0. The van der Waals surface area contributed by atoms with E-state index < -0.39 is 15.8 Å². The molecule has 0 aromatic heterocycles. The third kappa shape index (κ3) is 4.54. The molecular weight excluding hydrogens is 513 g/mol. The Kier molecular flexibility index (Phi) is 7.37. The van der Waals surface area contributed by atoms with Gasteiger partial charge in [-0.3, -0.25) is 0 Å². The molecule has 0 aliphatic heterocycles. The summed E-state index contributed by atoms with van der Waals surface area (Å²) in [5, 5.41) is 5.81. The molecule has 3 heteroatoms. The molecule has 4 aromatic carbocycles. The van der Waals surface area contributed by atoms with Gasteiger partial charge in [-0.1, -0.05) is 151 Å². The summed E-state index contributed by atoms with van der Waals surface area (Å²) in [4.78, 5) is 0. The molecule has 4 rings (SSSR count). The van der Waals surface area contributed by atoms with Crippen molar-refractivity contribution >= 4 is 59.7 Å². The van der Waals surface area contributed by atoms with Crippen LogP contribution in [0.5, 0.6) is 0 Å². The minimum Gasteiger partial charge on any atom is -0.0672 e. The Balaban J connectivity index is 1.95. The Morgan fingerprint density at radius 3 is 0.933 bits per heavy atom. The highest BCUT2D eigenvalue weighted by atomic mass is 127. The van der Waals surface area contributed by atoms with E-state index in [-0.39, 0.29) is 2.90 Å². The summed E-state index contributed by atoms with van der Waals surface area (Å²) < 4.78 is 0.0911. The van der Waals surface area contributed by atoms with Crippen molar-refractivity contribution in [3.63, 3.8) is 0 Å². The van der Waals surface area contributed by atoms with E-state index >= 15 is 0 Å². The third-order valence-electron chi connectivity index (χ3n) is 5.19. The molecule has 0 amide bonds. The van der Waals surface area contributed by atoms with E-state index in [1.807, 2.05) is 0 Å². The van der Waals surface area contributed by atoms with Crippen molar-refractivity contribution in [2.24, 2.45) is 0 Å². The highest BCUT2D eigenvalue weighted by Crippen LogP contribution is 2.70. The second-order valence-corrected chi connectivity index (χ2v) is 15.9. The van der Waals surface area contributed by atoms with Crippen LogP contribution in [-0.2, 0) is 0 Å². The molecule has 0 saturated heterocycles. The van der Waals surface area contributed by atoms with Gasteiger partial charge in [-0.2, -0.15) is 0 Å². The second-order valence-electron chi connectivity index (χ2n) is 7.09. The Morgan fingerprint density at radius 1 is 0.500 bits per heavy atom. The van der Waals surface area contributed by atoms with E-state index in [9.17, 15) is 0 Å². The van der Waals surface area contributed by atoms with Crippen LogP contribution in [0.1, 0.15) is 13.3 Å². The molecule has 0 unspecified atom stereocenters. The van der Waals surface area contributed by atoms with Crippen LogP contribution < -0.4 is 21.2 Å². The van der Waals surface area contributed by atoms with E-state index in [1.165, 1.54) is 21.2 Å². The smallest absolute Gasteiger partial charge is 0.0672 e. The molecule has 0 radical (unpaired) electrons. The second kappa shape index (κ2) is 10.2. The molecule has 0 nitrogen and oxygen atoms in total. The summed E-state index contributed by atoms with van der Waals surface area (Å²) in [5.74, 6) is 0. The largest absolute Gasteiger partial charge is 0.0774 e. The first kappa shape index (κ1) is 21.7. The van der Waals surface area contributed by atoms with Gasteiger partial charge in [0.25, 0.3) is 0 Å². The SMILES string of the molecule is CCC(I)(P(c1ccccc1)c1ccccc1)P(c1ccccc1)c1ccccc1. The summed E-state index contributed by atoms with van der Waals surface area (Å²) in [6.07, 6.45) is 1.11. The molecule has 30 heavy (non-hydrogen) atoms. The highest BCUT2D eigenvalue weighted by Gasteiger charge is 2.44. The average molecular weight is 538 g/mol. The van der Waals surface area contributed by atoms with Gasteiger partial charge in [0.1, 0.15) is 0 Å². The fourth-order valence-corrected chi connectivity index (χ4v) is 14.0.